The van der Waals surface area contributed by atoms with E-state index in [1.54, 1.807) is 0 Å². The van der Waals surface area contributed by atoms with Crippen molar-refractivity contribution in [1.82, 2.24) is 10.2 Å². The van der Waals surface area contributed by atoms with Gasteiger partial charge in [0.2, 0.25) is 0 Å². The number of hydrogen-bond acceptors (Lipinski definition) is 3. The molecule has 2 saturated carbocycles. The molecule has 1 heterocycles. The van der Waals surface area contributed by atoms with Crippen LogP contribution in [0.4, 0.5) is 0 Å². The number of likely N-dealkylation sites (tertiary alicyclic amines) is 1. The monoisotopic (exact) mass is 337 g/mol. The van der Waals surface area contributed by atoms with E-state index in [0.717, 1.165) is 50.8 Å². The molecule has 3 aliphatic rings. The van der Waals surface area contributed by atoms with Crippen molar-refractivity contribution in [3.63, 3.8) is 0 Å². The van der Waals surface area contributed by atoms with Gasteiger partial charge in [0.15, 0.2) is 5.96 Å². The topological polar surface area (TPSA) is 46.1 Å². The molecule has 0 aromatic rings. The normalized spacial score (nSPS) is 34.1. The number of piperidine rings is 1. The molecule has 0 spiro atoms. The zero-order valence-corrected chi connectivity index (χ0v) is 16.1. The van der Waals surface area contributed by atoms with Crippen LogP contribution in [0.15, 0.2) is 4.99 Å². The summed E-state index contributed by atoms with van der Waals surface area (Å²) in [5, 5.41) is 3.68. The standard InChI is InChI=1S/C19H35N3O2/c1-18(2)16(12-19(18,3)23-5)21-17(20-4)22-10-8-15(9-11-22)24-13-14-6-7-14/h14-16H,6-13H2,1-5H3,(H,20,21). The molecule has 2 aliphatic carbocycles. The summed E-state index contributed by atoms with van der Waals surface area (Å²) in [5.74, 6) is 1.89. The quantitative estimate of drug-likeness (QED) is 0.619. The second-order valence-electron chi connectivity index (χ2n) is 8.57. The van der Waals surface area contributed by atoms with Gasteiger partial charge in [0.1, 0.15) is 0 Å². The summed E-state index contributed by atoms with van der Waals surface area (Å²) in [6.07, 6.45) is 6.42. The van der Waals surface area contributed by atoms with E-state index in [0.29, 0.717) is 12.1 Å². The summed E-state index contributed by atoms with van der Waals surface area (Å²) in [6, 6.07) is 0.407. The van der Waals surface area contributed by atoms with Crippen molar-refractivity contribution in [2.24, 2.45) is 16.3 Å². The van der Waals surface area contributed by atoms with Crippen LogP contribution in [0.1, 0.15) is 52.9 Å². The lowest BCUT2D eigenvalue weighted by atomic mass is 9.56. The van der Waals surface area contributed by atoms with Crippen LogP contribution < -0.4 is 5.32 Å². The summed E-state index contributed by atoms with van der Waals surface area (Å²) in [7, 11) is 3.71. The third-order valence-corrected chi connectivity index (χ3v) is 6.80. The molecular formula is C19H35N3O2. The van der Waals surface area contributed by atoms with Crippen LogP contribution in [0.2, 0.25) is 0 Å². The van der Waals surface area contributed by atoms with E-state index in [4.69, 9.17) is 9.47 Å². The molecule has 0 bridgehead atoms. The largest absolute Gasteiger partial charge is 0.378 e. The minimum atomic E-state index is -0.0485. The molecule has 2 atom stereocenters. The fraction of sp³-hybridized carbons (Fsp3) is 0.947. The Morgan fingerprint density at radius 3 is 2.33 bits per heavy atom. The van der Waals surface area contributed by atoms with Crippen LogP contribution in [0.25, 0.3) is 0 Å². The number of hydrogen-bond donors (Lipinski definition) is 1. The van der Waals surface area contributed by atoms with E-state index in [9.17, 15) is 0 Å². The Labute approximate surface area is 147 Å². The first-order valence-electron chi connectivity index (χ1n) is 9.54. The minimum Gasteiger partial charge on any atom is -0.378 e. The van der Waals surface area contributed by atoms with Gasteiger partial charge < -0.3 is 19.7 Å². The number of guanidine groups is 1. The van der Waals surface area contributed by atoms with Crippen molar-refractivity contribution in [3.8, 4) is 0 Å². The summed E-state index contributed by atoms with van der Waals surface area (Å²) in [4.78, 5) is 6.92. The minimum absolute atomic E-state index is 0.0485. The molecule has 0 aromatic heterocycles. The summed E-state index contributed by atoms with van der Waals surface area (Å²) >= 11 is 0. The highest BCUT2D eigenvalue weighted by Gasteiger charge is 2.58. The van der Waals surface area contributed by atoms with Crippen molar-refractivity contribution >= 4 is 5.96 Å². The second-order valence-corrected chi connectivity index (χ2v) is 8.57. The number of rotatable bonds is 5. The SMILES string of the molecule is CN=C(NC1CC(C)(OC)C1(C)C)N1CCC(OCC2CC2)CC1. The fourth-order valence-electron chi connectivity index (χ4n) is 3.97. The highest BCUT2D eigenvalue weighted by atomic mass is 16.5. The average molecular weight is 338 g/mol. The molecule has 3 fully saturated rings. The smallest absolute Gasteiger partial charge is 0.193 e. The number of ether oxygens (including phenoxy) is 2. The molecule has 5 nitrogen and oxygen atoms in total. The van der Waals surface area contributed by atoms with Gasteiger partial charge in [-0.3, -0.25) is 4.99 Å². The summed E-state index contributed by atoms with van der Waals surface area (Å²) in [6.45, 7) is 9.80. The molecule has 5 heteroatoms. The number of nitrogens with one attached hydrogen (secondary N) is 1. The molecular weight excluding hydrogens is 302 g/mol. The second kappa shape index (κ2) is 6.83. The molecule has 1 aliphatic heterocycles. The van der Waals surface area contributed by atoms with Gasteiger partial charge in [-0.1, -0.05) is 13.8 Å². The molecule has 1 saturated heterocycles. The molecule has 0 radical (unpaired) electrons. The first kappa shape index (κ1) is 18.0. The maximum Gasteiger partial charge on any atom is 0.193 e. The Morgan fingerprint density at radius 1 is 1.17 bits per heavy atom. The van der Waals surface area contributed by atoms with Crippen LogP contribution in [0.3, 0.4) is 0 Å². The Balaban J connectivity index is 1.47. The van der Waals surface area contributed by atoms with Gasteiger partial charge in [0.25, 0.3) is 0 Å². The lowest BCUT2D eigenvalue weighted by molar-refractivity contribution is -0.177. The molecule has 138 valence electrons. The Bertz CT molecular complexity index is 467. The van der Waals surface area contributed by atoms with E-state index in [1.165, 1.54) is 12.8 Å². The Morgan fingerprint density at radius 2 is 1.83 bits per heavy atom. The molecule has 3 rings (SSSR count). The third kappa shape index (κ3) is 3.43. The van der Waals surface area contributed by atoms with Crippen LogP contribution in [-0.2, 0) is 9.47 Å². The van der Waals surface area contributed by atoms with Gasteiger partial charge in [-0.05, 0) is 44.9 Å². The average Bonchev–Trinajstić information content (AvgIpc) is 3.41. The highest BCUT2D eigenvalue weighted by Crippen LogP contribution is 2.51. The Hall–Kier alpha value is -0.810. The van der Waals surface area contributed by atoms with Crippen molar-refractivity contribution in [1.29, 1.82) is 0 Å². The van der Waals surface area contributed by atoms with Crippen LogP contribution >= 0.6 is 0 Å². The van der Waals surface area contributed by atoms with Gasteiger partial charge >= 0.3 is 0 Å². The van der Waals surface area contributed by atoms with Crippen molar-refractivity contribution in [2.45, 2.75) is 70.6 Å². The lowest BCUT2D eigenvalue weighted by Crippen LogP contribution is -2.69. The van der Waals surface area contributed by atoms with Crippen molar-refractivity contribution in [3.05, 3.63) is 0 Å². The van der Waals surface area contributed by atoms with Crippen LogP contribution in [0.5, 0.6) is 0 Å². The van der Waals surface area contributed by atoms with Gasteiger partial charge in [-0.15, -0.1) is 0 Å². The summed E-state index contributed by atoms with van der Waals surface area (Å²) in [5.41, 5.74) is 0.0521. The third-order valence-electron chi connectivity index (χ3n) is 6.80. The molecule has 24 heavy (non-hydrogen) atoms. The lowest BCUT2D eigenvalue weighted by Gasteiger charge is -2.59. The zero-order chi connectivity index (χ0) is 17.4. The van der Waals surface area contributed by atoms with Crippen molar-refractivity contribution in [2.75, 3.05) is 33.9 Å². The maximum absolute atomic E-state index is 6.05. The fourth-order valence-corrected chi connectivity index (χ4v) is 3.97. The van der Waals surface area contributed by atoms with E-state index >= 15 is 0 Å². The molecule has 2 unspecified atom stereocenters. The van der Waals surface area contributed by atoms with Crippen LogP contribution in [-0.4, -0.2) is 62.5 Å². The van der Waals surface area contributed by atoms with E-state index in [2.05, 4.69) is 36.0 Å². The predicted molar refractivity (Wildman–Crippen MR) is 97.4 cm³/mol. The molecule has 0 amide bonds. The molecule has 1 N–H and O–H groups in total. The number of aliphatic imine (C=N–C) groups is 1. The van der Waals surface area contributed by atoms with E-state index in [1.807, 2.05) is 14.2 Å². The van der Waals surface area contributed by atoms with Crippen molar-refractivity contribution < 1.29 is 9.47 Å². The number of methoxy groups -OCH3 is 1. The molecule has 0 aromatic carbocycles. The maximum atomic E-state index is 6.05. The van der Waals surface area contributed by atoms with Gasteiger partial charge in [0, 0.05) is 45.3 Å². The predicted octanol–water partition coefficient (Wildman–Crippen LogP) is 2.66. The highest BCUT2D eigenvalue weighted by molar-refractivity contribution is 5.80. The summed E-state index contributed by atoms with van der Waals surface area (Å²) < 4.78 is 11.8. The first-order chi connectivity index (χ1) is 11.4. The van der Waals surface area contributed by atoms with Crippen LogP contribution in [0, 0.1) is 11.3 Å². The van der Waals surface area contributed by atoms with E-state index < -0.39 is 0 Å². The number of nitrogens with zero attached hydrogens (tertiary/aromatic N) is 2. The van der Waals surface area contributed by atoms with Gasteiger partial charge in [0.05, 0.1) is 11.7 Å². The first-order valence-corrected chi connectivity index (χ1v) is 9.54. The van der Waals surface area contributed by atoms with Gasteiger partial charge in [-0.25, -0.2) is 0 Å². The zero-order valence-electron chi connectivity index (χ0n) is 16.1. The van der Waals surface area contributed by atoms with E-state index in [-0.39, 0.29) is 11.0 Å². The van der Waals surface area contributed by atoms with Gasteiger partial charge in [-0.2, -0.15) is 0 Å². The Kier molecular flexibility index (Phi) is 5.12.